The van der Waals surface area contributed by atoms with E-state index in [1.807, 2.05) is 30.3 Å². The highest BCUT2D eigenvalue weighted by Crippen LogP contribution is 2.30. The van der Waals surface area contributed by atoms with Gasteiger partial charge in [0.2, 0.25) is 11.8 Å². The summed E-state index contributed by atoms with van der Waals surface area (Å²) >= 11 is 0. The van der Waals surface area contributed by atoms with E-state index in [2.05, 4.69) is 68.0 Å². The van der Waals surface area contributed by atoms with Gasteiger partial charge in [0.05, 0.1) is 18.7 Å². The summed E-state index contributed by atoms with van der Waals surface area (Å²) in [6.45, 7) is 11.8. The molecule has 4 rings (SSSR count). The zero-order valence-electron chi connectivity index (χ0n) is 28.3. The fraction of sp³-hybridized carbons (Fsp3) is 0.421. The molecule has 7 nitrogen and oxygen atoms in total. The van der Waals surface area contributed by atoms with E-state index in [0.29, 0.717) is 26.1 Å². The van der Waals surface area contributed by atoms with Crippen LogP contribution in [-0.2, 0) is 22.6 Å². The van der Waals surface area contributed by atoms with E-state index in [4.69, 9.17) is 11.5 Å². The van der Waals surface area contributed by atoms with Crippen LogP contribution in [-0.4, -0.2) is 42.2 Å². The molecule has 1 saturated heterocycles. The molecule has 0 spiro atoms. The number of nitrogens with zero attached hydrogens (tertiary/aromatic N) is 3. The van der Waals surface area contributed by atoms with E-state index < -0.39 is 5.83 Å². The largest absolute Gasteiger partial charge is 0.370 e. The molecular weight excluding hydrogens is 577 g/mol. The number of rotatable bonds is 10. The lowest BCUT2D eigenvalue weighted by Gasteiger charge is -2.32. The molecule has 2 amide bonds. The second-order valence-corrected chi connectivity index (χ2v) is 11.7. The van der Waals surface area contributed by atoms with Crippen LogP contribution >= 0.6 is 0 Å². The van der Waals surface area contributed by atoms with Gasteiger partial charge in [-0.3, -0.25) is 14.6 Å². The monoisotopic (exact) mass is 629 g/mol. The predicted molar refractivity (Wildman–Crippen MR) is 190 cm³/mol. The third-order valence-electron chi connectivity index (χ3n) is 7.73. The second kappa shape index (κ2) is 20.7. The van der Waals surface area contributed by atoms with Crippen LogP contribution in [0.4, 0.5) is 4.39 Å². The van der Waals surface area contributed by atoms with Gasteiger partial charge < -0.3 is 16.4 Å². The maximum atomic E-state index is 14.5. The highest BCUT2D eigenvalue weighted by Gasteiger charge is 2.26. The molecule has 1 atom stereocenters. The number of hydrogen-bond donors (Lipinski definition) is 2. The molecule has 46 heavy (non-hydrogen) atoms. The fourth-order valence-electron chi connectivity index (χ4n) is 5.05. The van der Waals surface area contributed by atoms with Crippen LogP contribution in [0.2, 0.25) is 0 Å². The minimum Gasteiger partial charge on any atom is -0.370 e. The van der Waals surface area contributed by atoms with Crippen LogP contribution in [0.15, 0.2) is 93.5 Å². The summed E-state index contributed by atoms with van der Waals surface area (Å²) in [6.07, 6.45) is 11.2. The number of likely N-dealkylation sites (tertiary alicyclic amines) is 1. The van der Waals surface area contributed by atoms with Crippen LogP contribution in [0.5, 0.6) is 0 Å². The molecule has 0 aromatic heterocycles. The Hall–Kier alpha value is -4.33. The number of carbonyl (C=O) groups is 2. The molecule has 1 aliphatic carbocycles. The van der Waals surface area contributed by atoms with E-state index in [1.54, 1.807) is 11.8 Å². The minimum atomic E-state index is -0.505. The molecule has 2 aromatic carbocycles. The molecular formula is C38H52FN5O2. The summed E-state index contributed by atoms with van der Waals surface area (Å²) < 4.78 is 14.5. The van der Waals surface area contributed by atoms with Crippen molar-refractivity contribution in [1.82, 2.24) is 4.90 Å². The number of allylic oxidation sites excluding steroid dienone is 5. The Morgan fingerprint density at radius 2 is 1.67 bits per heavy atom. The number of carbonyl (C=O) groups excluding carboxylic acids is 2. The summed E-state index contributed by atoms with van der Waals surface area (Å²) in [5, 5.41) is 0. The first-order valence-corrected chi connectivity index (χ1v) is 16.3. The van der Waals surface area contributed by atoms with Crippen molar-refractivity contribution in [3.8, 4) is 0 Å². The number of aliphatic imine (C=N–C) groups is 2. The lowest BCUT2D eigenvalue weighted by molar-refractivity contribution is -0.123. The third-order valence-corrected chi connectivity index (χ3v) is 7.73. The standard InChI is InChI=1S/C18H23FN4O.C17H21NO.C3H8/c1-2-22-18(23-10-6-9-15(13-23)17(20)24)16(19)12-21-11-14-7-4-3-5-8-14;1-12-3-7-16(11-13(12)2)15-8-4-14(5-9-15)6-10-17(18)19;1-3-2/h2-5,7-8,12,15H,6,9-11,13H2,1H3,(H2,20,24);4-5,8-9,11H,3,6-7,10H2,1-2H3,(H2,18,19);3H2,1-2H3/b18-16-,21-12?,22-2-;;. The fourth-order valence-corrected chi connectivity index (χ4v) is 5.05. The Morgan fingerprint density at radius 3 is 2.26 bits per heavy atom. The van der Waals surface area contributed by atoms with Gasteiger partial charge in [-0.2, -0.15) is 0 Å². The number of aryl methyl sites for hydroxylation is 1. The van der Waals surface area contributed by atoms with E-state index in [1.165, 1.54) is 46.7 Å². The Kier molecular flexibility index (Phi) is 17.0. The molecule has 2 aromatic rings. The average Bonchev–Trinajstić information content (AvgIpc) is 3.05. The van der Waals surface area contributed by atoms with Gasteiger partial charge in [0.25, 0.3) is 0 Å². The first kappa shape index (κ1) is 37.9. The first-order valence-electron chi connectivity index (χ1n) is 16.3. The average molecular weight is 630 g/mol. The Morgan fingerprint density at radius 1 is 1.00 bits per heavy atom. The van der Waals surface area contributed by atoms with Crippen molar-refractivity contribution in [3.63, 3.8) is 0 Å². The number of amides is 2. The molecule has 2 aliphatic rings. The summed E-state index contributed by atoms with van der Waals surface area (Å²) in [5.41, 5.74) is 18.3. The molecule has 1 unspecified atom stereocenters. The Bertz CT molecular complexity index is 1410. The SMILES string of the molecule is C/C=N\C(=C(\F)C=NCc1ccccc1)N1CCCC(C(N)=O)C1.CC1=C(C)CCC(c2ccc(CCC(N)=O)cc2)=C1.CCC. The van der Waals surface area contributed by atoms with Gasteiger partial charge in [0.1, 0.15) is 0 Å². The summed E-state index contributed by atoms with van der Waals surface area (Å²) in [7, 11) is 0. The first-order chi connectivity index (χ1) is 22.1. The smallest absolute Gasteiger partial charge is 0.222 e. The lowest BCUT2D eigenvalue weighted by atomic mass is 9.89. The topological polar surface area (TPSA) is 114 Å². The summed E-state index contributed by atoms with van der Waals surface area (Å²) in [4.78, 5) is 32.2. The summed E-state index contributed by atoms with van der Waals surface area (Å²) in [5.74, 6) is -1.16. The van der Waals surface area contributed by atoms with Crippen LogP contribution in [0.1, 0.15) is 89.8 Å². The molecule has 4 N–H and O–H groups in total. The molecule has 0 saturated carbocycles. The van der Waals surface area contributed by atoms with Gasteiger partial charge in [-0.1, -0.05) is 92.1 Å². The van der Waals surface area contributed by atoms with Crippen molar-refractivity contribution in [3.05, 3.63) is 100 Å². The van der Waals surface area contributed by atoms with Crippen molar-refractivity contribution < 1.29 is 14.0 Å². The van der Waals surface area contributed by atoms with Gasteiger partial charge in [-0.25, -0.2) is 9.38 Å². The van der Waals surface area contributed by atoms with Crippen molar-refractivity contribution in [1.29, 1.82) is 0 Å². The van der Waals surface area contributed by atoms with Crippen molar-refractivity contribution in [2.24, 2.45) is 27.4 Å². The molecule has 1 fully saturated rings. The number of benzene rings is 2. The van der Waals surface area contributed by atoms with Crippen LogP contribution < -0.4 is 11.5 Å². The Labute approximate surface area is 275 Å². The van der Waals surface area contributed by atoms with Crippen molar-refractivity contribution in [2.75, 3.05) is 13.1 Å². The van der Waals surface area contributed by atoms with Crippen molar-refractivity contribution >= 4 is 29.8 Å². The van der Waals surface area contributed by atoms with Gasteiger partial charge in [-0.15, -0.1) is 0 Å². The van der Waals surface area contributed by atoms with Crippen LogP contribution in [0, 0.1) is 5.92 Å². The van der Waals surface area contributed by atoms with Gasteiger partial charge >= 0.3 is 0 Å². The molecule has 0 bridgehead atoms. The highest BCUT2D eigenvalue weighted by molar-refractivity contribution is 5.78. The van der Waals surface area contributed by atoms with Crippen LogP contribution in [0.25, 0.3) is 5.57 Å². The minimum absolute atomic E-state index is 0.209. The quantitative estimate of drug-likeness (QED) is 0.262. The van der Waals surface area contributed by atoms with Gasteiger partial charge in [0.15, 0.2) is 11.6 Å². The molecule has 8 heteroatoms. The summed E-state index contributed by atoms with van der Waals surface area (Å²) in [6, 6.07) is 18.1. The molecule has 0 radical (unpaired) electrons. The highest BCUT2D eigenvalue weighted by atomic mass is 19.1. The maximum Gasteiger partial charge on any atom is 0.222 e. The molecule has 248 valence electrons. The lowest BCUT2D eigenvalue weighted by Crippen LogP contribution is -2.40. The second-order valence-electron chi connectivity index (χ2n) is 11.7. The van der Waals surface area contributed by atoms with E-state index in [9.17, 15) is 14.0 Å². The zero-order chi connectivity index (χ0) is 33.9. The number of primary amides is 2. The van der Waals surface area contributed by atoms with E-state index in [-0.39, 0.29) is 23.6 Å². The van der Waals surface area contributed by atoms with Crippen molar-refractivity contribution in [2.45, 2.75) is 86.1 Å². The maximum absolute atomic E-state index is 14.5. The zero-order valence-corrected chi connectivity index (χ0v) is 28.3. The normalized spacial score (nSPS) is 17.0. The van der Waals surface area contributed by atoms with E-state index in [0.717, 1.165) is 37.7 Å². The number of nitrogens with two attached hydrogens (primary N) is 2. The third kappa shape index (κ3) is 13.3. The number of hydrogen-bond acceptors (Lipinski definition) is 5. The molecule has 1 heterocycles. The van der Waals surface area contributed by atoms with Gasteiger partial charge in [0, 0.05) is 25.7 Å². The van der Waals surface area contributed by atoms with Gasteiger partial charge in [-0.05, 0) is 75.1 Å². The molecule has 1 aliphatic heterocycles. The number of piperidine rings is 1. The number of halogens is 1. The van der Waals surface area contributed by atoms with E-state index >= 15 is 0 Å². The predicted octanol–water partition coefficient (Wildman–Crippen LogP) is 7.72. The van der Waals surface area contributed by atoms with Crippen LogP contribution in [0.3, 0.4) is 0 Å². The Balaban J connectivity index is 0.000000301.